The van der Waals surface area contributed by atoms with Crippen LogP contribution in [0.25, 0.3) is 0 Å². The minimum atomic E-state index is -4.30. The zero-order valence-corrected chi connectivity index (χ0v) is 10.6. The van der Waals surface area contributed by atoms with E-state index in [-0.39, 0.29) is 18.8 Å². The summed E-state index contributed by atoms with van der Waals surface area (Å²) in [4.78, 5) is 0. The van der Waals surface area contributed by atoms with Crippen molar-refractivity contribution in [1.82, 2.24) is 0 Å². The van der Waals surface area contributed by atoms with Gasteiger partial charge in [0.15, 0.2) is 0 Å². The van der Waals surface area contributed by atoms with Crippen LogP contribution in [0.5, 0.6) is 0 Å². The van der Waals surface area contributed by atoms with Crippen molar-refractivity contribution in [2.75, 3.05) is 0 Å². The number of hydrogen-bond donors (Lipinski definition) is 1. The van der Waals surface area contributed by atoms with Crippen molar-refractivity contribution in [2.45, 2.75) is 50.6 Å². The zero-order chi connectivity index (χ0) is 13.9. The van der Waals surface area contributed by atoms with Crippen molar-refractivity contribution >= 4 is 0 Å². The topological polar surface area (TPSA) is 35.2 Å². The molecule has 2 rings (SSSR count). The lowest BCUT2D eigenvalue weighted by Crippen LogP contribution is -2.32. The maximum absolute atomic E-state index is 12.6. The second kappa shape index (κ2) is 5.92. The van der Waals surface area contributed by atoms with E-state index in [2.05, 4.69) is 0 Å². The third-order valence-electron chi connectivity index (χ3n) is 3.41. The van der Waals surface area contributed by atoms with Gasteiger partial charge < -0.3 is 10.5 Å². The average molecular weight is 273 g/mol. The first-order valence-electron chi connectivity index (χ1n) is 6.48. The van der Waals surface area contributed by atoms with E-state index in [4.69, 9.17) is 10.5 Å². The molecule has 1 aliphatic carbocycles. The van der Waals surface area contributed by atoms with Gasteiger partial charge in [-0.2, -0.15) is 13.2 Å². The smallest absolute Gasteiger partial charge is 0.373 e. The molecule has 1 aromatic carbocycles. The second-order valence-electron chi connectivity index (χ2n) is 5.06. The molecule has 2 atom stereocenters. The van der Waals surface area contributed by atoms with Crippen LogP contribution in [0.4, 0.5) is 13.2 Å². The van der Waals surface area contributed by atoms with Crippen LogP contribution >= 0.6 is 0 Å². The Balaban J connectivity index is 1.92. The van der Waals surface area contributed by atoms with Crippen LogP contribution in [0.15, 0.2) is 24.3 Å². The van der Waals surface area contributed by atoms with Crippen LogP contribution in [0, 0.1) is 0 Å². The minimum Gasteiger partial charge on any atom is -0.373 e. The molecule has 19 heavy (non-hydrogen) atoms. The molecule has 0 aliphatic heterocycles. The predicted octanol–water partition coefficient (Wildman–Crippen LogP) is 3.49. The van der Waals surface area contributed by atoms with Crippen LogP contribution in [0.3, 0.4) is 0 Å². The van der Waals surface area contributed by atoms with E-state index in [1.165, 1.54) is 6.07 Å². The van der Waals surface area contributed by atoms with Crippen LogP contribution in [-0.4, -0.2) is 12.1 Å². The number of nitrogens with two attached hydrogens (primary N) is 1. The van der Waals surface area contributed by atoms with Gasteiger partial charge in [0, 0.05) is 6.04 Å². The first kappa shape index (κ1) is 14.3. The highest BCUT2D eigenvalue weighted by Gasteiger charge is 2.30. The Kier molecular flexibility index (Phi) is 4.47. The van der Waals surface area contributed by atoms with Crippen molar-refractivity contribution in [1.29, 1.82) is 0 Å². The Morgan fingerprint density at radius 3 is 2.74 bits per heavy atom. The fourth-order valence-electron chi connectivity index (χ4n) is 2.38. The first-order valence-corrected chi connectivity index (χ1v) is 6.48. The maximum atomic E-state index is 12.6. The van der Waals surface area contributed by atoms with Gasteiger partial charge in [-0.15, -0.1) is 0 Å². The minimum absolute atomic E-state index is 0.0679. The molecular weight excluding hydrogens is 255 g/mol. The molecule has 2 nitrogen and oxygen atoms in total. The lowest BCUT2D eigenvalue weighted by molar-refractivity contribution is -0.137. The van der Waals surface area contributed by atoms with E-state index in [0.717, 1.165) is 37.8 Å². The molecule has 2 N–H and O–H groups in total. The number of rotatable bonds is 3. The largest absolute Gasteiger partial charge is 0.416 e. The van der Waals surface area contributed by atoms with E-state index in [9.17, 15) is 13.2 Å². The average Bonchev–Trinajstić information content (AvgIpc) is 2.36. The normalized spacial score (nSPS) is 24.4. The highest BCUT2D eigenvalue weighted by molar-refractivity contribution is 5.25. The van der Waals surface area contributed by atoms with Crippen molar-refractivity contribution in [3.05, 3.63) is 35.4 Å². The van der Waals surface area contributed by atoms with Gasteiger partial charge >= 0.3 is 6.18 Å². The molecule has 0 radical (unpaired) electrons. The number of halogens is 3. The van der Waals surface area contributed by atoms with Gasteiger partial charge in [0.1, 0.15) is 0 Å². The summed E-state index contributed by atoms with van der Waals surface area (Å²) < 4.78 is 43.3. The van der Waals surface area contributed by atoms with Crippen molar-refractivity contribution in [3.63, 3.8) is 0 Å². The molecule has 1 saturated carbocycles. The van der Waals surface area contributed by atoms with Gasteiger partial charge in [-0.25, -0.2) is 0 Å². The van der Waals surface area contributed by atoms with Gasteiger partial charge in [-0.1, -0.05) is 12.1 Å². The van der Waals surface area contributed by atoms with E-state index >= 15 is 0 Å². The fraction of sp³-hybridized carbons (Fsp3) is 0.571. The Labute approximate surface area is 110 Å². The lowest BCUT2D eigenvalue weighted by atomic mass is 9.93. The Bertz CT molecular complexity index is 419. The number of benzene rings is 1. The van der Waals surface area contributed by atoms with Gasteiger partial charge in [-0.3, -0.25) is 0 Å². The van der Waals surface area contributed by atoms with Crippen molar-refractivity contribution in [2.24, 2.45) is 5.73 Å². The number of hydrogen-bond acceptors (Lipinski definition) is 2. The summed E-state index contributed by atoms with van der Waals surface area (Å²) in [5, 5.41) is 0. The summed E-state index contributed by atoms with van der Waals surface area (Å²) in [6.45, 7) is 0.210. The van der Waals surface area contributed by atoms with Crippen LogP contribution in [0.2, 0.25) is 0 Å². The summed E-state index contributed by atoms with van der Waals surface area (Å²) >= 11 is 0. The summed E-state index contributed by atoms with van der Waals surface area (Å²) in [5.41, 5.74) is 5.77. The fourth-order valence-corrected chi connectivity index (χ4v) is 2.38. The highest BCUT2D eigenvalue weighted by atomic mass is 19.4. The quantitative estimate of drug-likeness (QED) is 0.915. The summed E-state index contributed by atoms with van der Waals surface area (Å²) in [6, 6.07) is 5.43. The third-order valence-corrected chi connectivity index (χ3v) is 3.41. The molecule has 0 aromatic heterocycles. The molecule has 1 aliphatic rings. The molecule has 0 heterocycles. The van der Waals surface area contributed by atoms with Gasteiger partial charge in [0.2, 0.25) is 0 Å². The van der Waals surface area contributed by atoms with Crippen molar-refractivity contribution in [3.8, 4) is 0 Å². The molecule has 2 unspecified atom stereocenters. The molecule has 1 aromatic rings. The molecular formula is C14H18F3NO. The monoisotopic (exact) mass is 273 g/mol. The van der Waals surface area contributed by atoms with Crippen LogP contribution < -0.4 is 5.73 Å². The Hall–Kier alpha value is -1.07. The van der Waals surface area contributed by atoms with Gasteiger partial charge in [0.25, 0.3) is 0 Å². The molecule has 0 spiro atoms. The Morgan fingerprint density at radius 1 is 1.26 bits per heavy atom. The van der Waals surface area contributed by atoms with Crippen LogP contribution in [0.1, 0.15) is 36.8 Å². The van der Waals surface area contributed by atoms with E-state index in [1.54, 1.807) is 6.07 Å². The standard InChI is InChI=1S/C14H18F3NO/c15-14(16,17)11-4-1-3-10(7-11)9-19-13-6-2-5-12(18)8-13/h1,3-4,7,12-13H,2,5-6,8-9,18H2. The van der Waals surface area contributed by atoms with E-state index in [1.807, 2.05) is 0 Å². The van der Waals surface area contributed by atoms with Crippen molar-refractivity contribution < 1.29 is 17.9 Å². The summed E-state index contributed by atoms with van der Waals surface area (Å²) in [6.07, 6.45) is -0.481. The maximum Gasteiger partial charge on any atom is 0.416 e. The number of ether oxygens (including phenoxy) is 1. The predicted molar refractivity (Wildman–Crippen MR) is 66.5 cm³/mol. The third kappa shape index (κ3) is 4.21. The molecule has 0 amide bonds. The molecule has 106 valence electrons. The summed E-state index contributed by atoms with van der Waals surface area (Å²) in [7, 11) is 0. The molecule has 1 fully saturated rings. The van der Waals surface area contributed by atoms with Crippen LogP contribution in [-0.2, 0) is 17.5 Å². The first-order chi connectivity index (χ1) is 8.95. The SMILES string of the molecule is NC1CCCC(OCc2cccc(C(F)(F)F)c2)C1. The lowest BCUT2D eigenvalue weighted by Gasteiger charge is -2.26. The van der Waals surface area contributed by atoms with Gasteiger partial charge in [0.05, 0.1) is 18.3 Å². The summed E-state index contributed by atoms with van der Waals surface area (Å²) in [5.74, 6) is 0. The highest BCUT2D eigenvalue weighted by Crippen LogP contribution is 2.30. The Morgan fingerprint density at radius 2 is 2.05 bits per heavy atom. The second-order valence-corrected chi connectivity index (χ2v) is 5.06. The van der Waals surface area contributed by atoms with E-state index < -0.39 is 11.7 Å². The van der Waals surface area contributed by atoms with Gasteiger partial charge in [-0.05, 0) is 43.4 Å². The molecule has 5 heteroatoms. The molecule has 0 bridgehead atoms. The number of alkyl halides is 3. The zero-order valence-electron chi connectivity index (χ0n) is 10.6. The molecule has 0 saturated heterocycles. The van der Waals surface area contributed by atoms with E-state index in [0.29, 0.717) is 5.56 Å².